The van der Waals surface area contributed by atoms with E-state index < -0.39 is 0 Å². The van der Waals surface area contributed by atoms with Gasteiger partial charge in [0.05, 0.1) is 12.3 Å². The van der Waals surface area contributed by atoms with Gasteiger partial charge < -0.3 is 15.8 Å². The van der Waals surface area contributed by atoms with Crippen molar-refractivity contribution in [3.8, 4) is 11.9 Å². The number of thiazole rings is 1. The van der Waals surface area contributed by atoms with Crippen molar-refractivity contribution in [2.75, 3.05) is 23.0 Å². The number of nitriles is 1. The third-order valence-corrected chi connectivity index (χ3v) is 4.17. The highest BCUT2D eigenvalue weighted by molar-refractivity contribution is 7.13. The van der Waals surface area contributed by atoms with Gasteiger partial charge in [-0.25, -0.2) is 4.98 Å². The molecule has 0 saturated heterocycles. The number of nitrogens with one attached hydrogen (secondary N) is 2. The first-order valence-electron chi connectivity index (χ1n) is 8.02. The topological polar surface area (TPSA) is 126 Å². The number of nitrogens with zero attached hydrogens (tertiary/aromatic N) is 3. The second-order valence-corrected chi connectivity index (χ2v) is 6.21. The van der Waals surface area contributed by atoms with Gasteiger partial charge in [-0.1, -0.05) is 0 Å². The van der Waals surface area contributed by atoms with Gasteiger partial charge in [0.1, 0.15) is 17.5 Å². The molecule has 2 heterocycles. The van der Waals surface area contributed by atoms with Gasteiger partial charge in [-0.3, -0.25) is 10.1 Å². The molecule has 0 aliphatic heterocycles. The van der Waals surface area contributed by atoms with Gasteiger partial charge in [-0.2, -0.15) is 10.2 Å². The molecule has 0 atom stereocenters. The van der Waals surface area contributed by atoms with E-state index in [4.69, 9.17) is 15.7 Å². The van der Waals surface area contributed by atoms with Crippen molar-refractivity contribution < 1.29 is 9.53 Å². The third kappa shape index (κ3) is 4.31. The Balaban J connectivity index is 1.75. The quantitative estimate of drug-likeness (QED) is 0.598. The van der Waals surface area contributed by atoms with Crippen LogP contribution in [0.5, 0.6) is 5.88 Å². The van der Waals surface area contributed by atoms with Crippen molar-refractivity contribution in [2.24, 2.45) is 0 Å². The maximum Gasteiger partial charge on any atom is 0.257 e. The second kappa shape index (κ2) is 8.16. The van der Waals surface area contributed by atoms with Crippen LogP contribution in [0.4, 0.5) is 22.3 Å². The van der Waals surface area contributed by atoms with Gasteiger partial charge in [-0.05, 0) is 31.2 Å². The Morgan fingerprint density at radius 2 is 2.15 bits per heavy atom. The lowest BCUT2D eigenvalue weighted by Crippen LogP contribution is -2.11. The molecular formula is C18H16N6O2S. The van der Waals surface area contributed by atoms with Crippen LogP contribution in [-0.4, -0.2) is 22.5 Å². The summed E-state index contributed by atoms with van der Waals surface area (Å²) in [6.07, 6.45) is 1.63. The van der Waals surface area contributed by atoms with Crippen LogP contribution in [0.2, 0.25) is 0 Å². The Hall–Kier alpha value is -3.64. The van der Waals surface area contributed by atoms with Gasteiger partial charge in [-0.15, -0.1) is 11.3 Å². The Morgan fingerprint density at radius 3 is 2.78 bits per heavy atom. The molecule has 3 aromatic rings. The number of anilines is 4. The maximum atomic E-state index is 12.2. The first-order valence-corrected chi connectivity index (χ1v) is 8.90. The molecule has 2 aromatic heterocycles. The van der Waals surface area contributed by atoms with Crippen LogP contribution in [0, 0.1) is 11.3 Å². The predicted molar refractivity (Wildman–Crippen MR) is 104 cm³/mol. The minimum absolute atomic E-state index is 0.182. The second-order valence-electron chi connectivity index (χ2n) is 5.32. The minimum Gasteiger partial charge on any atom is -0.477 e. The zero-order valence-corrected chi connectivity index (χ0v) is 15.2. The Morgan fingerprint density at radius 1 is 1.37 bits per heavy atom. The zero-order valence-electron chi connectivity index (χ0n) is 14.4. The van der Waals surface area contributed by atoms with Crippen LogP contribution >= 0.6 is 11.3 Å². The highest BCUT2D eigenvalue weighted by atomic mass is 32.1. The van der Waals surface area contributed by atoms with Crippen LogP contribution in [0.15, 0.2) is 41.9 Å². The number of benzene rings is 1. The minimum atomic E-state index is -0.240. The summed E-state index contributed by atoms with van der Waals surface area (Å²) in [5, 5.41) is 17.3. The molecule has 27 heavy (non-hydrogen) atoms. The summed E-state index contributed by atoms with van der Waals surface area (Å²) in [6.45, 7) is 2.17. The SMILES string of the molecule is CCOc1nc(Nc2ccc(C(=O)Nc3nccs3)cc2)cc(N)c1C#N. The lowest BCUT2D eigenvalue weighted by Gasteiger charge is -2.11. The number of hydrogen-bond acceptors (Lipinski definition) is 8. The summed E-state index contributed by atoms with van der Waals surface area (Å²) in [6, 6.07) is 10.4. The number of nitrogens with two attached hydrogens (primary N) is 1. The molecule has 9 heteroatoms. The summed E-state index contributed by atoms with van der Waals surface area (Å²) >= 11 is 1.35. The third-order valence-electron chi connectivity index (χ3n) is 3.48. The van der Waals surface area contributed by atoms with Gasteiger partial charge in [0.2, 0.25) is 5.88 Å². The van der Waals surface area contributed by atoms with E-state index >= 15 is 0 Å². The van der Waals surface area contributed by atoms with Crippen molar-refractivity contribution in [1.29, 1.82) is 5.26 Å². The summed E-state index contributed by atoms with van der Waals surface area (Å²) in [7, 11) is 0. The van der Waals surface area contributed by atoms with Crippen molar-refractivity contribution in [3.05, 3.63) is 53.0 Å². The fourth-order valence-electron chi connectivity index (χ4n) is 2.27. The number of amides is 1. The number of rotatable bonds is 6. The standard InChI is InChI=1S/C18H16N6O2S/c1-2-26-17-13(10-19)14(20)9-15(23-17)22-12-5-3-11(4-6-12)16(25)24-18-21-7-8-27-18/h3-9H,2H2,1H3,(H3,20,22,23)(H,21,24,25). The van der Waals surface area contributed by atoms with Crippen LogP contribution in [0.25, 0.3) is 0 Å². The van der Waals surface area contributed by atoms with Crippen LogP contribution in [-0.2, 0) is 0 Å². The fraction of sp³-hybridized carbons (Fsp3) is 0.111. The van der Waals surface area contributed by atoms with Crippen molar-refractivity contribution >= 4 is 39.6 Å². The number of hydrogen-bond donors (Lipinski definition) is 3. The number of carbonyl (C=O) groups is 1. The molecule has 136 valence electrons. The van der Waals surface area contributed by atoms with Gasteiger partial charge >= 0.3 is 0 Å². The van der Waals surface area contributed by atoms with E-state index in [9.17, 15) is 4.79 Å². The molecule has 0 spiro atoms. The fourth-order valence-corrected chi connectivity index (χ4v) is 2.79. The molecular weight excluding hydrogens is 364 g/mol. The highest BCUT2D eigenvalue weighted by Crippen LogP contribution is 2.27. The van der Waals surface area contributed by atoms with E-state index in [-0.39, 0.29) is 23.0 Å². The van der Waals surface area contributed by atoms with Crippen molar-refractivity contribution in [3.63, 3.8) is 0 Å². The largest absolute Gasteiger partial charge is 0.477 e. The average molecular weight is 380 g/mol. The van der Waals surface area contributed by atoms with Crippen LogP contribution < -0.4 is 21.1 Å². The molecule has 0 aliphatic rings. The molecule has 0 saturated carbocycles. The van der Waals surface area contributed by atoms with Crippen LogP contribution in [0.3, 0.4) is 0 Å². The summed E-state index contributed by atoms with van der Waals surface area (Å²) in [4.78, 5) is 20.5. The average Bonchev–Trinajstić information content (AvgIpc) is 3.15. The smallest absolute Gasteiger partial charge is 0.257 e. The number of carbonyl (C=O) groups excluding carboxylic acids is 1. The summed E-state index contributed by atoms with van der Waals surface area (Å²) < 4.78 is 5.38. The lowest BCUT2D eigenvalue weighted by molar-refractivity contribution is 0.102. The Bertz CT molecular complexity index is 980. The van der Waals surface area contributed by atoms with E-state index in [1.54, 1.807) is 48.8 Å². The van der Waals surface area contributed by atoms with Crippen molar-refractivity contribution in [1.82, 2.24) is 9.97 Å². The number of ether oxygens (including phenoxy) is 1. The molecule has 0 fully saturated rings. The maximum absolute atomic E-state index is 12.2. The number of aromatic nitrogens is 2. The summed E-state index contributed by atoms with van der Waals surface area (Å²) in [5.74, 6) is 0.382. The first kappa shape index (κ1) is 18.2. The van der Waals surface area contributed by atoms with Crippen molar-refractivity contribution in [2.45, 2.75) is 6.92 Å². The molecule has 4 N–H and O–H groups in total. The van der Waals surface area contributed by atoms with Gasteiger partial charge in [0.15, 0.2) is 5.13 Å². The Kier molecular flexibility index (Phi) is 5.49. The molecule has 1 aromatic carbocycles. The first-order chi connectivity index (χ1) is 13.1. The van der Waals surface area contributed by atoms with E-state index in [2.05, 4.69) is 20.6 Å². The number of nitrogen functional groups attached to an aromatic ring is 1. The molecule has 8 nitrogen and oxygen atoms in total. The molecule has 0 unspecified atom stereocenters. The lowest BCUT2D eigenvalue weighted by atomic mass is 10.2. The molecule has 1 amide bonds. The zero-order chi connectivity index (χ0) is 19.2. The molecule has 0 aliphatic carbocycles. The van der Waals surface area contributed by atoms with E-state index in [0.29, 0.717) is 28.8 Å². The normalized spacial score (nSPS) is 10.1. The van der Waals surface area contributed by atoms with E-state index in [0.717, 1.165) is 0 Å². The molecule has 3 rings (SSSR count). The van der Waals surface area contributed by atoms with E-state index in [1.165, 1.54) is 11.3 Å². The monoisotopic (exact) mass is 380 g/mol. The predicted octanol–water partition coefficient (Wildman–Crippen LogP) is 3.39. The van der Waals surface area contributed by atoms with E-state index in [1.807, 2.05) is 6.07 Å². The highest BCUT2D eigenvalue weighted by Gasteiger charge is 2.12. The molecule has 0 radical (unpaired) electrons. The summed E-state index contributed by atoms with van der Waals surface area (Å²) in [5.41, 5.74) is 7.59. The molecule has 0 bridgehead atoms. The van der Waals surface area contributed by atoms with Gasteiger partial charge in [0, 0.05) is 28.9 Å². The van der Waals surface area contributed by atoms with Gasteiger partial charge in [0.25, 0.3) is 5.91 Å². The van der Waals surface area contributed by atoms with Crippen LogP contribution in [0.1, 0.15) is 22.8 Å². The number of pyridine rings is 1. The Labute approximate surface area is 159 Å².